The van der Waals surface area contributed by atoms with Crippen molar-refractivity contribution in [3.8, 4) is 0 Å². The van der Waals surface area contributed by atoms with Crippen LogP contribution in [0.4, 0.5) is 0 Å². The SMILES string of the molecule is CCNC(c1ccc(Cl)s1)C1CCOC2(CCCCC2)C1. The van der Waals surface area contributed by atoms with Gasteiger partial charge < -0.3 is 10.1 Å². The molecule has 0 aromatic carbocycles. The van der Waals surface area contributed by atoms with Gasteiger partial charge in [-0.1, -0.05) is 37.8 Å². The first-order chi connectivity index (χ1) is 10.2. The summed E-state index contributed by atoms with van der Waals surface area (Å²) in [6, 6.07) is 4.67. The monoisotopic (exact) mass is 327 g/mol. The molecule has 1 saturated carbocycles. The van der Waals surface area contributed by atoms with Crippen LogP contribution in [0.15, 0.2) is 12.1 Å². The van der Waals surface area contributed by atoms with E-state index in [1.165, 1.54) is 43.4 Å². The van der Waals surface area contributed by atoms with Gasteiger partial charge in [-0.25, -0.2) is 0 Å². The Morgan fingerprint density at radius 1 is 1.38 bits per heavy atom. The summed E-state index contributed by atoms with van der Waals surface area (Å²) in [4.78, 5) is 1.39. The summed E-state index contributed by atoms with van der Waals surface area (Å²) < 4.78 is 7.15. The van der Waals surface area contributed by atoms with E-state index in [9.17, 15) is 0 Å². The third kappa shape index (κ3) is 3.64. The summed E-state index contributed by atoms with van der Waals surface area (Å²) >= 11 is 7.88. The summed E-state index contributed by atoms with van der Waals surface area (Å²) in [6.07, 6.45) is 8.94. The van der Waals surface area contributed by atoms with Gasteiger partial charge in [-0.2, -0.15) is 0 Å². The molecule has 1 aromatic rings. The Kier molecular flexibility index (Phi) is 5.26. The lowest BCUT2D eigenvalue weighted by Crippen LogP contribution is -2.44. The average Bonchev–Trinajstić information content (AvgIpc) is 2.92. The summed E-state index contributed by atoms with van der Waals surface area (Å²) in [5.74, 6) is 0.673. The van der Waals surface area contributed by atoms with Crippen molar-refractivity contribution in [3.05, 3.63) is 21.3 Å². The van der Waals surface area contributed by atoms with Crippen LogP contribution in [0.1, 0.15) is 62.8 Å². The van der Waals surface area contributed by atoms with Crippen molar-refractivity contribution in [2.45, 2.75) is 63.5 Å². The van der Waals surface area contributed by atoms with E-state index in [0.29, 0.717) is 12.0 Å². The van der Waals surface area contributed by atoms with Gasteiger partial charge in [-0.3, -0.25) is 0 Å². The van der Waals surface area contributed by atoms with Crippen molar-refractivity contribution in [1.29, 1.82) is 0 Å². The van der Waals surface area contributed by atoms with E-state index in [4.69, 9.17) is 16.3 Å². The Morgan fingerprint density at radius 3 is 2.86 bits per heavy atom. The third-order valence-electron chi connectivity index (χ3n) is 5.09. The number of ether oxygens (including phenoxy) is 1. The van der Waals surface area contributed by atoms with Gasteiger partial charge in [0.1, 0.15) is 0 Å². The fraction of sp³-hybridized carbons (Fsp3) is 0.765. The minimum atomic E-state index is 0.176. The molecule has 2 aliphatic rings. The zero-order valence-corrected chi connectivity index (χ0v) is 14.4. The highest BCUT2D eigenvalue weighted by atomic mass is 35.5. The maximum absolute atomic E-state index is 6.26. The van der Waals surface area contributed by atoms with Gasteiger partial charge in [0.15, 0.2) is 0 Å². The molecule has 1 N–H and O–H groups in total. The normalized spacial score (nSPS) is 26.9. The number of hydrogen-bond donors (Lipinski definition) is 1. The van der Waals surface area contributed by atoms with E-state index in [1.54, 1.807) is 11.3 Å². The molecule has 3 rings (SSSR count). The van der Waals surface area contributed by atoms with Crippen LogP contribution in [0, 0.1) is 5.92 Å². The number of halogens is 1. The lowest BCUT2D eigenvalue weighted by molar-refractivity contribution is -0.121. The molecule has 2 nitrogen and oxygen atoms in total. The third-order valence-corrected chi connectivity index (χ3v) is 6.41. The summed E-state index contributed by atoms with van der Waals surface area (Å²) in [5.41, 5.74) is 0.176. The molecular formula is C17H26ClNOS. The first-order valence-electron chi connectivity index (χ1n) is 8.35. The fourth-order valence-corrected chi connectivity index (χ4v) is 5.34. The lowest BCUT2D eigenvalue weighted by atomic mass is 9.74. The molecule has 118 valence electrons. The Balaban J connectivity index is 1.75. The second-order valence-electron chi connectivity index (χ2n) is 6.52. The van der Waals surface area contributed by atoms with Crippen LogP contribution in [0.5, 0.6) is 0 Å². The van der Waals surface area contributed by atoms with Crippen LogP contribution in [-0.4, -0.2) is 18.8 Å². The van der Waals surface area contributed by atoms with Gasteiger partial charge in [-0.05, 0) is 50.3 Å². The molecule has 2 unspecified atom stereocenters. The molecule has 0 amide bonds. The Hall–Kier alpha value is -0.0900. The average molecular weight is 328 g/mol. The molecule has 21 heavy (non-hydrogen) atoms. The Labute approximate surface area is 137 Å². The van der Waals surface area contributed by atoms with Crippen molar-refractivity contribution in [2.75, 3.05) is 13.2 Å². The second kappa shape index (κ2) is 6.99. The molecule has 1 spiro atoms. The summed E-state index contributed by atoms with van der Waals surface area (Å²) in [7, 11) is 0. The highest BCUT2D eigenvalue weighted by Gasteiger charge is 2.41. The first-order valence-corrected chi connectivity index (χ1v) is 9.54. The van der Waals surface area contributed by atoms with Gasteiger partial charge in [0.25, 0.3) is 0 Å². The summed E-state index contributed by atoms with van der Waals surface area (Å²) in [5, 5.41) is 3.70. The molecular weight excluding hydrogens is 302 g/mol. The van der Waals surface area contributed by atoms with Gasteiger partial charge in [0.2, 0.25) is 0 Å². The van der Waals surface area contributed by atoms with E-state index in [-0.39, 0.29) is 5.60 Å². The molecule has 2 atom stereocenters. The number of hydrogen-bond acceptors (Lipinski definition) is 3. The molecule has 1 aliphatic carbocycles. The van der Waals surface area contributed by atoms with E-state index >= 15 is 0 Å². The highest BCUT2D eigenvalue weighted by molar-refractivity contribution is 7.16. The quantitative estimate of drug-likeness (QED) is 0.822. The molecule has 0 bridgehead atoms. The molecule has 1 aliphatic heterocycles. The molecule has 2 fully saturated rings. The zero-order valence-electron chi connectivity index (χ0n) is 12.9. The number of thiophene rings is 1. The van der Waals surface area contributed by atoms with E-state index in [1.807, 2.05) is 6.07 Å². The predicted molar refractivity (Wildman–Crippen MR) is 90.2 cm³/mol. The Morgan fingerprint density at radius 2 is 2.19 bits per heavy atom. The molecule has 0 radical (unpaired) electrons. The van der Waals surface area contributed by atoms with Gasteiger partial charge in [-0.15, -0.1) is 11.3 Å². The van der Waals surface area contributed by atoms with Crippen molar-refractivity contribution in [3.63, 3.8) is 0 Å². The van der Waals surface area contributed by atoms with Crippen LogP contribution in [0.3, 0.4) is 0 Å². The number of rotatable bonds is 4. The molecule has 2 heterocycles. The zero-order chi connectivity index (χ0) is 14.7. The second-order valence-corrected chi connectivity index (χ2v) is 8.27. The smallest absolute Gasteiger partial charge is 0.0931 e. The number of nitrogens with one attached hydrogen (secondary N) is 1. The van der Waals surface area contributed by atoms with Crippen molar-refractivity contribution in [1.82, 2.24) is 5.32 Å². The molecule has 1 aromatic heterocycles. The minimum absolute atomic E-state index is 0.176. The highest BCUT2D eigenvalue weighted by Crippen LogP contribution is 2.45. The topological polar surface area (TPSA) is 21.3 Å². The maximum Gasteiger partial charge on any atom is 0.0931 e. The van der Waals surface area contributed by atoms with Crippen molar-refractivity contribution < 1.29 is 4.74 Å². The van der Waals surface area contributed by atoms with E-state index in [0.717, 1.165) is 23.9 Å². The van der Waals surface area contributed by atoms with Crippen LogP contribution in [-0.2, 0) is 4.74 Å². The molecule has 4 heteroatoms. The summed E-state index contributed by atoms with van der Waals surface area (Å²) in [6.45, 7) is 4.12. The Bertz CT molecular complexity index is 450. The maximum atomic E-state index is 6.26. The standard InChI is InChI=1S/C17H26ClNOS/c1-2-19-16(14-6-7-15(18)21-14)13-8-11-20-17(12-13)9-4-3-5-10-17/h6-7,13,16,19H,2-5,8-12H2,1H3. The minimum Gasteiger partial charge on any atom is -0.375 e. The van der Waals surface area contributed by atoms with Crippen LogP contribution in [0.25, 0.3) is 0 Å². The van der Waals surface area contributed by atoms with Crippen molar-refractivity contribution >= 4 is 22.9 Å². The van der Waals surface area contributed by atoms with E-state index < -0.39 is 0 Å². The lowest BCUT2D eigenvalue weighted by Gasteiger charge is -2.45. The largest absolute Gasteiger partial charge is 0.375 e. The van der Waals surface area contributed by atoms with Gasteiger partial charge in [0, 0.05) is 17.5 Å². The first kappa shape index (κ1) is 15.8. The van der Waals surface area contributed by atoms with Gasteiger partial charge >= 0.3 is 0 Å². The van der Waals surface area contributed by atoms with Crippen LogP contribution < -0.4 is 5.32 Å². The molecule has 1 saturated heterocycles. The fourth-order valence-electron chi connectivity index (χ4n) is 4.11. The van der Waals surface area contributed by atoms with Crippen LogP contribution in [0.2, 0.25) is 4.34 Å². The van der Waals surface area contributed by atoms with Crippen molar-refractivity contribution in [2.24, 2.45) is 5.92 Å². The van der Waals surface area contributed by atoms with Crippen LogP contribution >= 0.6 is 22.9 Å². The van der Waals surface area contributed by atoms with E-state index in [2.05, 4.69) is 18.3 Å². The predicted octanol–water partition coefficient (Wildman–Crippen LogP) is 5.18. The van der Waals surface area contributed by atoms with Gasteiger partial charge in [0.05, 0.1) is 9.94 Å².